The number of carboxylic acids is 1. The summed E-state index contributed by atoms with van der Waals surface area (Å²) in [5, 5.41) is 9.48. The number of carboxylic acid groups (broad SMARTS) is 1. The van der Waals surface area contributed by atoms with Crippen LogP contribution in [0.1, 0.15) is 30.0 Å². The van der Waals surface area contributed by atoms with Crippen LogP contribution in [-0.4, -0.2) is 16.9 Å². The van der Waals surface area contributed by atoms with Gasteiger partial charge in [0.05, 0.1) is 0 Å². The van der Waals surface area contributed by atoms with Gasteiger partial charge in [-0.05, 0) is 36.3 Å². The van der Waals surface area contributed by atoms with E-state index in [2.05, 4.69) is 0 Å². The van der Waals surface area contributed by atoms with Gasteiger partial charge in [-0.25, -0.2) is 4.79 Å². The molecule has 0 radical (unpaired) electrons. The molecule has 0 aliphatic carbocycles. The van der Waals surface area contributed by atoms with E-state index < -0.39 is 5.97 Å². The van der Waals surface area contributed by atoms with Crippen LogP contribution in [0, 0.1) is 0 Å². The second-order valence-electron chi connectivity index (χ2n) is 4.09. The van der Waals surface area contributed by atoms with Gasteiger partial charge in [-0.2, -0.15) is 0 Å². The summed E-state index contributed by atoms with van der Waals surface area (Å²) in [6.07, 6.45) is 1.15. The molecule has 0 aliphatic heterocycles. The Morgan fingerprint density at radius 3 is 2.56 bits per heavy atom. The summed E-state index contributed by atoms with van der Waals surface area (Å²) in [5.41, 5.74) is 2.06. The van der Waals surface area contributed by atoms with Crippen molar-refractivity contribution >= 4 is 28.3 Å². The maximum absolute atomic E-state index is 11.2. The number of fused-ring (bicyclic) bond motifs is 1. The fourth-order valence-electron chi connectivity index (χ4n) is 1.73. The smallest absolute Gasteiger partial charge is 0.328 e. The fraction of sp³-hybridized carbons (Fsp3) is 0.143. The van der Waals surface area contributed by atoms with E-state index in [9.17, 15) is 9.59 Å². The standard InChI is InChI=1S/C14H12O4/c1-8(5-14(16)17)10-3-4-12-11(6-10)7-13(18-12)9(2)15/h3-7H,1-2H3,(H,16,17)/b8-5+. The second kappa shape index (κ2) is 4.49. The highest BCUT2D eigenvalue weighted by atomic mass is 16.4. The number of carbonyl (C=O) groups is 2. The fourth-order valence-corrected chi connectivity index (χ4v) is 1.73. The molecule has 1 aromatic carbocycles. The highest BCUT2D eigenvalue weighted by Gasteiger charge is 2.08. The molecule has 0 amide bonds. The van der Waals surface area contributed by atoms with Crippen molar-refractivity contribution in [3.63, 3.8) is 0 Å². The van der Waals surface area contributed by atoms with Crippen molar-refractivity contribution in [3.8, 4) is 0 Å². The maximum Gasteiger partial charge on any atom is 0.328 e. The van der Waals surface area contributed by atoms with Crippen LogP contribution in [0.4, 0.5) is 0 Å². The number of benzene rings is 1. The monoisotopic (exact) mass is 244 g/mol. The first-order valence-electron chi connectivity index (χ1n) is 5.43. The molecule has 0 spiro atoms. The number of rotatable bonds is 3. The van der Waals surface area contributed by atoms with Gasteiger partial charge in [-0.15, -0.1) is 0 Å². The Bertz CT molecular complexity index is 661. The van der Waals surface area contributed by atoms with Crippen molar-refractivity contribution in [1.82, 2.24) is 0 Å². The zero-order valence-electron chi connectivity index (χ0n) is 10.1. The van der Waals surface area contributed by atoms with Crippen LogP contribution >= 0.6 is 0 Å². The Balaban J connectivity index is 2.50. The van der Waals surface area contributed by atoms with Gasteiger partial charge in [0.15, 0.2) is 11.5 Å². The first-order chi connectivity index (χ1) is 8.47. The predicted molar refractivity (Wildman–Crippen MR) is 67.5 cm³/mol. The number of furan rings is 1. The molecule has 1 heterocycles. The molecule has 1 aromatic heterocycles. The molecular formula is C14H12O4. The second-order valence-corrected chi connectivity index (χ2v) is 4.09. The van der Waals surface area contributed by atoms with E-state index in [1.807, 2.05) is 0 Å². The molecule has 0 fully saturated rings. The minimum absolute atomic E-state index is 0.134. The topological polar surface area (TPSA) is 67.5 Å². The van der Waals surface area contributed by atoms with Gasteiger partial charge in [-0.3, -0.25) is 4.79 Å². The van der Waals surface area contributed by atoms with Crippen LogP contribution in [0.15, 0.2) is 34.8 Å². The lowest BCUT2D eigenvalue weighted by Gasteiger charge is -1.99. The van der Waals surface area contributed by atoms with Gasteiger partial charge in [0, 0.05) is 18.4 Å². The average Bonchev–Trinajstić information content (AvgIpc) is 2.70. The number of carbonyl (C=O) groups excluding carboxylic acids is 1. The molecule has 0 saturated carbocycles. The van der Waals surface area contributed by atoms with Crippen molar-refractivity contribution in [3.05, 3.63) is 41.7 Å². The zero-order valence-corrected chi connectivity index (χ0v) is 10.1. The van der Waals surface area contributed by atoms with Crippen molar-refractivity contribution in [1.29, 1.82) is 0 Å². The molecule has 0 bridgehead atoms. The largest absolute Gasteiger partial charge is 0.478 e. The van der Waals surface area contributed by atoms with Gasteiger partial charge in [-0.1, -0.05) is 6.07 Å². The molecule has 4 heteroatoms. The summed E-state index contributed by atoms with van der Waals surface area (Å²) < 4.78 is 5.36. The van der Waals surface area contributed by atoms with E-state index in [4.69, 9.17) is 9.52 Å². The van der Waals surface area contributed by atoms with Crippen molar-refractivity contribution in [2.45, 2.75) is 13.8 Å². The SMILES string of the molecule is CC(=O)c1cc2cc(/C(C)=C/C(=O)O)ccc2o1. The Morgan fingerprint density at radius 2 is 1.94 bits per heavy atom. The van der Waals surface area contributed by atoms with E-state index >= 15 is 0 Å². The van der Waals surface area contributed by atoms with Gasteiger partial charge in [0.1, 0.15) is 5.58 Å². The molecule has 1 N–H and O–H groups in total. The maximum atomic E-state index is 11.2. The van der Waals surface area contributed by atoms with Crippen LogP contribution < -0.4 is 0 Å². The van der Waals surface area contributed by atoms with E-state index in [0.717, 1.165) is 17.0 Å². The molecule has 0 unspecified atom stereocenters. The molecule has 0 aliphatic rings. The Hall–Kier alpha value is -2.36. The van der Waals surface area contributed by atoms with Crippen LogP contribution in [0.3, 0.4) is 0 Å². The molecule has 4 nitrogen and oxygen atoms in total. The minimum Gasteiger partial charge on any atom is -0.478 e. The van der Waals surface area contributed by atoms with E-state index in [1.165, 1.54) is 6.92 Å². The van der Waals surface area contributed by atoms with Gasteiger partial charge in [0.25, 0.3) is 0 Å². The molecule has 0 saturated heterocycles. The predicted octanol–water partition coefficient (Wildman–Crippen LogP) is 3.12. The van der Waals surface area contributed by atoms with Crippen molar-refractivity contribution in [2.75, 3.05) is 0 Å². The van der Waals surface area contributed by atoms with Gasteiger partial charge in [0.2, 0.25) is 0 Å². The normalized spacial score (nSPS) is 11.8. The van der Waals surface area contributed by atoms with E-state index in [1.54, 1.807) is 31.2 Å². The highest BCUT2D eigenvalue weighted by molar-refractivity contribution is 5.97. The first kappa shape index (κ1) is 12.1. The van der Waals surface area contributed by atoms with Gasteiger partial charge < -0.3 is 9.52 Å². The molecule has 2 rings (SSSR count). The highest BCUT2D eigenvalue weighted by Crippen LogP contribution is 2.24. The summed E-state index contributed by atoms with van der Waals surface area (Å²) in [4.78, 5) is 21.8. The summed E-state index contributed by atoms with van der Waals surface area (Å²) in [6, 6.07) is 6.97. The average molecular weight is 244 g/mol. The first-order valence-corrected chi connectivity index (χ1v) is 5.43. The summed E-state index contributed by atoms with van der Waals surface area (Å²) in [6.45, 7) is 3.16. The molecule has 18 heavy (non-hydrogen) atoms. The van der Waals surface area contributed by atoms with Crippen molar-refractivity contribution in [2.24, 2.45) is 0 Å². The van der Waals surface area contributed by atoms with Crippen LogP contribution in [0.2, 0.25) is 0 Å². The minimum atomic E-state index is -0.982. The molecule has 0 atom stereocenters. The lowest BCUT2D eigenvalue weighted by Crippen LogP contribution is -1.89. The lowest BCUT2D eigenvalue weighted by atomic mass is 10.1. The number of Topliss-reactive ketones (excluding diaryl/α,β-unsaturated/α-hetero) is 1. The Kier molecular flexibility index (Phi) is 3.02. The number of hydrogen-bond donors (Lipinski definition) is 1. The number of hydrogen-bond acceptors (Lipinski definition) is 3. The Labute approximate surface area is 104 Å². The van der Waals surface area contributed by atoms with E-state index in [0.29, 0.717) is 16.9 Å². The summed E-state index contributed by atoms with van der Waals surface area (Å²) >= 11 is 0. The number of ketones is 1. The van der Waals surface area contributed by atoms with Crippen molar-refractivity contribution < 1.29 is 19.1 Å². The number of allylic oxidation sites excluding steroid dienone is 1. The van der Waals surface area contributed by atoms with Crippen LogP contribution in [-0.2, 0) is 4.79 Å². The van der Waals surface area contributed by atoms with Crippen LogP contribution in [0.25, 0.3) is 16.5 Å². The molecular weight excluding hydrogens is 232 g/mol. The van der Waals surface area contributed by atoms with Crippen LogP contribution in [0.5, 0.6) is 0 Å². The van der Waals surface area contributed by atoms with E-state index in [-0.39, 0.29) is 5.78 Å². The quantitative estimate of drug-likeness (QED) is 0.665. The number of aliphatic carboxylic acids is 1. The summed E-state index contributed by atoms with van der Waals surface area (Å²) in [5.74, 6) is -0.809. The molecule has 2 aromatic rings. The Morgan fingerprint density at radius 1 is 1.22 bits per heavy atom. The third-order valence-corrected chi connectivity index (χ3v) is 2.66. The zero-order chi connectivity index (χ0) is 13.3. The lowest BCUT2D eigenvalue weighted by molar-refractivity contribution is -0.131. The third-order valence-electron chi connectivity index (χ3n) is 2.66. The summed E-state index contributed by atoms with van der Waals surface area (Å²) in [7, 11) is 0. The molecule has 92 valence electrons. The van der Waals surface area contributed by atoms with Gasteiger partial charge >= 0.3 is 5.97 Å². The third kappa shape index (κ3) is 2.32.